The van der Waals surface area contributed by atoms with Gasteiger partial charge in [-0.3, -0.25) is 4.79 Å². The molecule has 1 saturated heterocycles. The first kappa shape index (κ1) is 18.1. The fraction of sp³-hybridized carbons (Fsp3) is 0.500. The fourth-order valence-electron chi connectivity index (χ4n) is 3.02. The van der Waals surface area contributed by atoms with E-state index in [2.05, 4.69) is 28.2 Å². The van der Waals surface area contributed by atoms with E-state index in [0.717, 1.165) is 23.5 Å². The zero-order valence-electron chi connectivity index (χ0n) is 13.6. The molecular weight excluding hydrogens is 359 g/mol. The molecule has 0 spiro atoms. The maximum absolute atomic E-state index is 13.6. The minimum Gasteiger partial charge on any atom is -0.352 e. The lowest BCUT2D eigenvalue weighted by Crippen LogP contribution is -3.16. The molecule has 1 aliphatic heterocycles. The van der Waals surface area contributed by atoms with Gasteiger partial charge < -0.3 is 10.2 Å². The molecule has 0 bridgehead atoms. The molecule has 3 nitrogen and oxygen atoms in total. The van der Waals surface area contributed by atoms with Crippen molar-refractivity contribution in [3.05, 3.63) is 40.1 Å². The van der Waals surface area contributed by atoms with E-state index in [1.165, 1.54) is 44.0 Å². The number of benzene rings is 1. The van der Waals surface area contributed by atoms with Crippen molar-refractivity contribution in [1.82, 2.24) is 5.32 Å². The van der Waals surface area contributed by atoms with Gasteiger partial charge in [-0.25, -0.2) is 4.39 Å². The quantitative estimate of drug-likeness (QED) is 0.574. The van der Waals surface area contributed by atoms with Crippen molar-refractivity contribution >= 4 is 27.9 Å². The first-order valence-corrected chi connectivity index (χ1v) is 9.11. The van der Waals surface area contributed by atoms with E-state index < -0.39 is 0 Å². The molecule has 0 saturated carbocycles. The summed E-state index contributed by atoms with van der Waals surface area (Å²) < 4.78 is 14.4. The van der Waals surface area contributed by atoms with Crippen molar-refractivity contribution < 1.29 is 14.1 Å². The van der Waals surface area contributed by atoms with Gasteiger partial charge in [-0.2, -0.15) is 0 Å². The molecule has 1 aliphatic rings. The largest absolute Gasteiger partial charge is 0.352 e. The van der Waals surface area contributed by atoms with Gasteiger partial charge in [0.2, 0.25) is 5.91 Å². The van der Waals surface area contributed by atoms with Crippen LogP contribution in [0.4, 0.5) is 4.39 Å². The van der Waals surface area contributed by atoms with Gasteiger partial charge in [-0.15, -0.1) is 0 Å². The van der Waals surface area contributed by atoms with Crippen LogP contribution in [0.3, 0.4) is 0 Å². The van der Waals surface area contributed by atoms with Crippen LogP contribution in [0, 0.1) is 5.82 Å². The van der Waals surface area contributed by atoms with E-state index in [1.54, 1.807) is 17.0 Å². The third-order valence-electron chi connectivity index (χ3n) is 4.43. The van der Waals surface area contributed by atoms with E-state index in [-0.39, 0.29) is 11.7 Å². The second kappa shape index (κ2) is 9.18. The Hall–Kier alpha value is -1.20. The van der Waals surface area contributed by atoms with Gasteiger partial charge in [0.05, 0.1) is 19.1 Å². The number of hydrogen-bond donors (Lipinski definition) is 2. The number of piperidine rings is 1. The van der Waals surface area contributed by atoms with E-state index in [4.69, 9.17) is 0 Å². The van der Waals surface area contributed by atoms with Crippen LogP contribution in [0.25, 0.3) is 6.08 Å². The minimum atomic E-state index is -0.333. The lowest BCUT2D eigenvalue weighted by atomic mass is 10.0. The molecule has 2 atom stereocenters. The van der Waals surface area contributed by atoms with Gasteiger partial charge in [0.15, 0.2) is 0 Å². The predicted octanol–water partition coefficient (Wildman–Crippen LogP) is 2.57. The van der Waals surface area contributed by atoms with Crippen LogP contribution in [0.15, 0.2) is 28.7 Å². The SMILES string of the molecule is C[C@H]1CCCC[NH+]1CCCNC(=O)/C=C/c1cc(Br)ccc1F. The van der Waals surface area contributed by atoms with Crippen LogP contribution in [0.2, 0.25) is 0 Å². The van der Waals surface area contributed by atoms with Crippen LogP contribution >= 0.6 is 15.9 Å². The molecule has 1 heterocycles. The molecule has 5 heteroatoms. The highest BCUT2D eigenvalue weighted by molar-refractivity contribution is 9.10. The van der Waals surface area contributed by atoms with Crippen molar-refractivity contribution in [1.29, 1.82) is 0 Å². The van der Waals surface area contributed by atoms with Gasteiger partial charge in [0.1, 0.15) is 5.82 Å². The van der Waals surface area contributed by atoms with Gasteiger partial charge in [0.25, 0.3) is 0 Å². The van der Waals surface area contributed by atoms with Crippen molar-refractivity contribution in [3.8, 4) is 0 Å². The van der Waals surface area contributed by atoms with E-state index in [1.807, 2.05) is 0 Å². The van der Waals surface area contributed by atoms with Gasteiger partial charge >= 0.3 is 0 Å². The van der Waals surface area contributed by atoms with Crippen LogP contribution in [0.5, 0.6) is 0 Å². The number of carbonyl (C=O) groups excluding carboxylic acids is 1. The number of rotatable bonds is 6. The maximum atomic E-state index is 13.6. The summed E-state index contributed by atoms with van der Waals surface area (Å²) >= 11 is 3.29. The Morgan fingerprint density at radius 1 is 1.48 bits per heavy atom. The topological polar surface area (TPSA) is 33.5 Å². The normalized spacial score (nSPS) is 21.5. The van der Waals surface area contributed by atoms with E-state index >= 15 is 0 Å². The Kier molecular flexibility index (Phi) is 7.24. The molecule has 1 amide bonds. The third kappa shape index (κ3) is 6.07. The van der Waals surface area contributed by atoms with E-state index in [9.17, 15) is 9.18 Å². The summed E-state index contributed by atoms with van der Waals surface area (Å²) in [6.45, 7) is 5.32. The molecule has 0 aliphatic carbocycles. The molecule has 23 heavy (non-hydrogen) atoms. The summed E-state index contributed by atoms with van der Waals surface area (Å²) in [6.07, 6.45) is 7.84. The molecule has 1 unspecified atom stereocenters. The second-order valence-corrected chi connectivity index (χ2v) is 7.11. The number of hydrogen-bond acceptors (Lipinski definition) is 1. The summed E-state index contributed by atoms with van der Waals surface area (Å²) in [5.74, 6) is -0.508. The Bertz CT molecular complexity index is 562. The zero-order valence-corrected chi connectivity index (χ0v) is 15.2. The lowest BCUT2D eigenvalue weighted by molar-refractivity contribution is -0.928. The smallest absolute Gasteiger partial charge is 0.244 e. The lowest BCUT2D eigenvalue weighted by Gasteiger charge is -2.30. The van der Waals surface area contributed by atoms with Crippen LogP contribution in [0.1, 0.15) is 38.2 Å². The molecule has 2 N–H and O–H groups in total. The second-order valence-electron chi connectivity index (χ2n) is 6.20. The molecule has 1 aromatic carbocycles. The molecule has 0 aromatic heterocycles. The van der Waals surface area contributed by atoms with E-state index in [0.29, 0.717) is 12.1 Å². The summed E-state index contributed by atoms with van der Waals surface area (Å²) in [5.41, 5.74) is 0.404. The number of carbonyl (C=O) groups is 1. The standard InChI is InChI=1S/C18H24BrFN2O/c1-14-5-2-3-11-22(14)12-4-10-21-18(23)9-6-15-13-16(19)7-8-17(15)20/h6-9,13-14H,2-5,10-12H2,1H3,(H,21,23)/p+1/b9-6+/t14-/m0/s1. The summed E-state index contributed by atoms with van der Waals surface area (Å²) in [7, 11) is 0. The number of likely N-dealkylation sites (tertiary alicyclic amines) is 1. The Morgan fingerprint density at radius 2 is 2.30 bits per heavy atom. The van der Waals surface area contributed by atoms with Crippen molar-refractivity contribution in [2.24, 2.45) is 0 Å². The summed E-state index contributed by atoms with van der Waals surface area (Å²) in [5, 5.41) is 2.87. The van der Waals surface area contributed by atoms with Crippen molar-refractivity contribution in [3.63, 3.8) is 0 Å². The first-order valence-electron chi connectivity index (χ1n) is 8.32. The number of nitrogens with one attached hydrogen (secondary N) is 2. The predicted molar refractivity (Wildman–Crippen MR) is 94.8 cm³/mol. The molecular formula is C18H25BrFN2O+. The minimum absolute atomic E-state index is 0.175. The molecule has 1 fully saturated rings. The van der Waals surface area contributed by atoms with Crippen LogP contribution in [-0.4, -0.2) is 31.6 Å². The average Bonchev–Trinajstić information content (AvgIpc) is 2.54. The highest BCUT2D eigenvalue weighted by Crippen LogP contribution is 2.16. The maximum Gasteiger partial charge on any atom is 0.244 e. The van der Waals surface area contributed by atoms with Crippen molar-refractivity contribution in [2.75, 3.05) is 19.6 Å². The monoisotopic (exact) mass is 383 g/mol. The summed E-state index contributed by atoms with van der Waals surface area (Å²) in [4.78, 5) is 13.4. The van der Waals surface area contributed by atoms with Gasteiger partial charge in [0, 0.05) is 29.1 Å². The third-order valence-corrected chi connectivity index (χ3v) is 4.92. The van der Waals surface area contributed by atoms with Crippen LogP contribution in [-0.2, 0) is 4.79 Å². The van der Waals surface area contributed by atoms with Gasteiger partial charge in [-0.05, 0) is 50.5 Å². The zero-order chi connectivity index (χ0) is 16.7. The number of amides is 1. The van der Waals surface area contributed by atoms with Crippen molar-refractivity contribution in [2.45, 2.75) is 38.6 Å². The van der Waals surface area contributed by atoms with Crippen LogP contribution < -0.4 is 10.2 Å². The number of quaternary nitrogens is 1. The summed E-state index contributed by atoms with van der Waals surface area (Å²) in [6, 6.07) is 5.40. The Labute approximate surface area is 146 Å². The molecule has 1 aromatic rings. The first-order chi connectivity index (χ1) is 11.1. The number of halogens is 2. The average molecular weight is 384 g/mol. The highest BCUT2D eigenvalue weighted by atomic mass is 79.9. The van der Waals surface area contributed by atoms with Gasteiger partial charge in [-0.1, -0.05) is 15.9 Å². The highest BCUT2D eigenvalue weighted by Gasteiger charge is 2.20. The molecule has 0 radical (unpaired) electrons. The Morgan fingerprint density at radius 3 is 3.09 bits per heavy atom. The molecule has 2 rings (SSSR count). The Balaban J connectivity index is 1.70. The fourth-order valence-corrected chi connectivity index (χ4v) is 3.40. The molecule has 126 valence electrons.